The molecule has 94 valence electrons. The van der Waals surface area contributed by atoms with Crippen LogP contribution < -0.4 is 4.90 Å². The second kappa shape index (κ2) is 5.27. The monoisotopic (exact) mass is 265 g/mol. The topological polar surface area (TPSA) is 23.5 Å². The SMILES string of the molecule is CN(Cc1c(O)cccc1Cl)c1ccc(F)cc1. The van der Waals surface area contributed by atoms with Crippen molar-refractivity contribution in [3.05, 3.63) is 58.9 Å². The highest BCUT2D eigenvalue weighted by Gasteiger charge is 2.09. The molecular formula is C14H13ClFNO. The molecule has 0 heterocycles. The lowest BCUT2D eigenvalue weighted by atomic mass is 10.2. The lowest BCUT2D eigenvalue weighted by molar-refractivity contribution is 0.468. The third-order valence-corrected chi connectivity index (χ3v) is 3.11. The highest BCUT2D eigenvalue weighted by molar-refractivity contribution is 6.31. The highest BCUT2D eigenvalue weighted by Crippen LogP contribution is 2.27. The largest absolute Gasteiger partial charge is 0.508 e. The van der Waals surface area contributed by atoms with Crippen molar-refractivity contribution in [1.29, 1.82) is 0 Å². The van der Waals surface area contributed by atoms with Gasteiger partial charge in [-0.2, -0.15) is 0 Å². The van der Waals surface area contributed by atoms with Crippen LogP contribution in [0.15, 0.2) is 42.5 Å². The fourth-order valence-electron chi connectivity index (χ4n) is 1.73. The number of hydrogen-bond donors (Lipinski definition) is 1. The van der Waals surface area contributed by atoms with Gasteiger partial charge in [0.25, 0.3) is 0 Å². The van der Waals surface area contributed by atoms with Crippen molar-refractivity contribution < 1.29 is 9.50 Å². The van der Waals surface area contributed by atoms with E-state index >= 15 is 0 Å². The van der Waals surface area contributed by atoms with Crippen molar-refractivity contribution in [3.63, 3.8) is 0 Å². The first-order chi connectivity index (χ1) is 8.58. The molecule has 2 aromatic carbocycles. The van der Waals surface area contributed by atoms with Crippen LogP contribution in [0, 0.1) is 5.82 Å². The molecule has 18 heavy (non-hydrogen) atoms. The summed E-state index contributed by atoms with van der Waals surface area (Å²) in [6, 6.07) is 11.2. The van der Waals surface area contributed by atoms with Crippen LogP contribution in [0.25, 0.3) is 0 Å². The average Bonchev–Trinajstić information content (AvgIpc) is 2.34. The molecule has 0 unspecified atom stereocenters. The minimum atomic E-state index is -0.271. The summed E-state index contributed by atoms with van der Waals surface area (Å²) in [6.07, 6.45) is 0. The molecule has 0 aliphatic rings. The third kappa shape index (κ3) is 2.74. The van der Waals surface area contributed by atoms with Gasteiger partial charge >= 0.3 is 0 Å². The minimum Gasteiger partial charge on any atom is -0.508 e. The fraction of sp³-hybridized carbons (Fsp3) is 0.143. The van der Waals surface area contributed by atoms with E-state index in [-0.39, 0.29) is 11.6 Å². The summed E-state index contributed by atoms with van der Waals surface area (Å²) in [5.41, 5.74) is 1.52. The molecule has 2 nitrogen and oxygen atoms in total. The van der Waals surface area contributed by atoms with E-state index in [9.17, 15) is 9.50 Å². The number of phenolic OH excluding ortho intramolecular Hbond substituents is 1. The molecular weight excluding hydrogens is 253 g/mol. The number of hydrogen-bond acceptors (Lipinski definition) is 2. The highest BCUT2D eigenvalue weighted by atomic mass is 35.5. The Hall–Kier alpha value is -1.74. The maximum absolute atomic E-state index is 12.8. The van der Waals surface area contributed by atoms with E-state index in [2.05, 4.69) is 0 Å². The zero-order valence-corrected chi connectivity index (χ0v) is 10.7. The van der Waals surface area contributed by atoms with Gasteiger partial charge in [0.05, 0.1) is 0 Å². The van der Waals surface area contributed by atoms with Crippen LogP contribution in [-0.2, 0) is 6.54 Å². The number of aromatic hydroxyl groups is 1. The number of halogens is 2. The van der Waals surface area contributed by atoms with Gasteiger partial charge in [0, 0.05) is 29.9 Å². The van der Waals surface area contributed by atoms with Gasteiger partial charge in [-0.15, -0.1) is 0 Å². The summed E-state index contributed by atoms with van der Waals surface area (Å²) in [4.78, 5) is 1.89. The van der Waals surface area contributed by atoms with Crippen molar-refractivity contribution >= 4 is 17.3 Å². The predicted molar refractivity (Wildman–Crippen MR) is 71.6 cm³/mol. The Morgan fingerprint density at radius 3 is 2.44 bits per heavy atom. The number of benzene rings is 2. The second-order valence-corrected chi connectivity index (χ2v) is 4.48. The Bertz CT molecular complexity index is 522. The summed E-state index contributed by atoms with van der Waals surface area (Å²) in [7, 11) is 1.86. The van der Waals surface area contributed by atoms with Crippen molar-refractivity contribution in [2.75, 3.05) is 11.9 Å². The Morgan fingerprint density at radius 2 is 1.83 bits per heavy atom. The van der Waals surface area contributed by atoms with Gasteiger partial charge in [0.2, 0.25) is 0 Å². The van der Waals surface area contributed by atoms with Crippen LogP contribution in [0.4, 0.5) is 10.1 Å². The van der Waals surface area contributed by atoms with Gasteiger partial charge in [-0.05, 0) is 36.4 Å². The van der Waals surface area contributed by atoms with Crippen LogP contribution in [0.1, 0.15) is 5.56 Å². The Balaban J connectivity index is 2.21. The fourth-order valence-corrected chi connectivity index (χ4v) is 1.96. The van der Waals surface area contributed by atoms with Gasteiger partial charge in [0.1, 0.15) is 11.6 Å². The molecule has 2 aromatic rings. The van der Waals surface area contributed by atoms with E-state index in [4.69, 9.17) is 11.6 Å². The number of phenols is 1. The first kappa shape index (κ1) is 12.7. The molecule has 0 saturated carbocycles. The molecule has 0 amide bonds. The van der Waals surface area contributed by atoms with E-state index in [0.717, 1.165) is 5.69 Å². The summed E-state index contributed by atoms with van der Waals surface area (Å²) >= 11 is 6.04. The van der Waals surface area contributed by atoms with Crippen LogP contribution in [0.2, 0.25) is 5.02 Å². The van der Waals surface area contributed by atoms with E-state index < -0.39 is 0 Å². The molecule has 1 N–H and O–H groups in total. The lowest BCUT2D eigenvalue weighted by Crippen LogP contribution is -2.16. The molecule has 0 bridgehead atoms. The van der Waals surface area contributed by atoms with Crippen molar-refractivity contribution in [2.45, 2.75) is 6.54 Å². The van der Waals surface area contributed by atoms with Crippen LogP contribution >= 0.6 is 11.6 Å². The van der Waals surface area contributed by atoms with Gasteiger partial charge in [-0.25, -0.2) is 4.39 Å². The summed E-state index contributed by atoms with van der Waals surface area (Å²) in [5.74, 6) is -0.107. The third-order valence-electron chi connectivity index (χ3n) is 2.76. The first-order valence-electron chi connectivity index (χ1n) is 5.51. The molecule has 0 aliphatic heterocycles. The van der Waals surface area contributed by atoms with Gasteiger partial charge < -0.3 is 10.0 Å². The molecule has 0 radical (unpaired) electrons. The van der Waals surface area contributed by atoms with E-state index in [0.29, 0.717) is 17.1 Å². The predicted octanol–water partition coefficient (Wildman–Crippen LogP) is 3.82. The summed E-state index contributed by atoms with van der Waals surface area (Å²) in [6.45, 7) is 0.455. The second-order valence-electron chi connectivity index (χ2n) is 4.07. The van der Waals surface area contributed by atoms with E-state index in [1.807, 2.05) is 11.9 Å². The normalized spacial score (nSPS) is 10.4. The van der Waals surface area contributed by atoms with Crippen LogP contribution in [0.3, 0.4) is 0 Å². The maximum Gasteiger partial charge on any atom is 0.123 e. The summed E-state index contributed by atoms with van der Waals surface area (Å²) in [5, 5.41) is 10.3. The van der Waals surface area contributed by atoms with Crippen molar-refractivity contribution in [2.24, 2.45) is 0 Å². The molecule has 0 aromatic heterocycles. The average molecular weight is 266 g/mol. The quantitative estimate of drug-likeness (QED) is 0.912. The number of nitrogens with zero attached hydrogens (tertiary/aromatic N) is 1. The molecule has 0 saturated heterocycles. The van der Waals surface area contributed by atoms with Crippen LogP contribution in [-0.4, -0.2) is 12.2 Å². The van der Waals surface area contributed by atoms with Crippen molar-refractivity contribution in [3.8, 4) is 5.75 Å². The molecule has 4 heteroatoms. The van der Waals surface area contributed by atoms with E-state index in [1.165, 1.54) is 12.1 Å². The van der Waals surface area contributed by atoms with Crippen LogP contribution in [0.5, 0.6) is 5.75 Å². The number of anilines is 1. The Labute approximate surface area is 110 Å². The molecule has 0 aliphatic carbocycles. The zero-order chi connectivity index (χ0) is 13.1. The Kier molecular flexibility index (Phi) is 3.72. The van der Waals surface area contributed by atoms with Gasteiger partial charge in [-0.3, -0.25) is 0 Å². The molecule has 0 fully saturated rings. The summed E-state index contributed by atoms with van der Waals surface area (Å²) < 4.78 is 12.8. The zero-order valence-electron chi connectivity index (χ0n) is 9.90. The smallest absolute Gasteiger partial charge is 0.123 e. The molecule has 0 atom stereocenters. The van der Waals surface area contributed by atoms with Gasteiger partial charge in [-0.1, -0.05) is 17.7 Å². The van der Waals surface area contributed by atoms with Gasteiger partial charge in [0.15, 0.2) is 0 Å². The number of rotatable bonds is 3. The Morgan fingerprint density at radius 1 is 1.17 bits per heavy atom. The first-order valence-corrected chi connectivity index (χ1v) is 5.89. The van der Waals surface area contributed by atoms with E-state index in [1.54, 1.807) is 30.3 Å². The lowest BCUT2D eigenvalue weighted by Gasteiger charge is -2.20. The maximum atomic E-state index is 12.8. The standard InChI is InChI=1S/C14H13ClFNO/c1-17(11-7-5-10(16)6-8-11)9-12-13(15)3-2-4-14(12)18/h2-8,18H,9H2,1H3. The minimum absolute atomic E-state index is 0.163. The molecule has 2 rings (SSSR count). The molecule has 0 spiro atoms. The van der Waals surface area contributed by atoms with Crippen molar-refractivity contribution in [1.82, 2.24) is 0 Å².